The highest BCUT2D eigenvalue weighted by Gasteiger charge is 2.38. The molecule has 6 heteroatoms. The number of ether oxygens (including phenoxy) is 2. The normalized spacial score (nSPS) is 18.4. The summed E-state index contributed by atoms with van der Waals surface area (Å²) in [7, 11) is 1.36. The number of halogens is 1. The average Bonchev–Trinajstić information content (AvgIpc) is 2.77. The smallest absolute Gasteiger partial charge is 0.336 e. The molecule has 0 saturated heterocycles. The van der Waals surface area contributed by atoms with Crippen molar-refractivity contribution in [1.82, 2.24) is 5.32 Å². The first-order valence-electron chi connectivity index (χ1n) is 10.3. The third-order valence-corrected chi connectivity index (χ3v) is 5.90. The molecule has 160 valence electrons. The zero-order chi connectivity index (χ0) is 22.0. The number of carbonyl (C=O) groups excluding carboxylic acids is 2. The van der Waals surface area contributed by atoms with Gasteiger partial charge in [0.15, 0.2) is 5.78 Å². The molecule has 0 fully saturated rings. The van der Waals surface area contributed by atoms with E-state index in [1.807, 2.05) is 55.5 Å². The lowest BCUT2D eigenvalue weighted by Gasteiger charge is -2.34. The number of nitrogens with one attached hydrogen (secondary N) is 1. The molecule has 1 aliphatic heterocycles. The molecule has 0 radical (unpaired) electrons. The first-order valence-corrected chi connectivity index (χ1v) is 10.6. The van der Waals surface area contributed by atoms with Gasteiger partial charge in [-0.1, -0.05) is 35.9 Å². The Bertz CT molecular complexity index is 1100. The maximum absolute atomic E-state index is 12.9. The van der Waals surface area contributed by atoms with Crippen LogP contribution in [-0.2, 0) is 20.9 Å². The minimum atomic E-state index is -0.480. The Morgan fingerprint density at radius 2 is 1.97 bits per heavy atom. The van der Waals surface area contributed by atoms with Crippen molar-refractivity contribution in [3.8, 4) is 5.75 Å². The van der Waals surface area contributed by atoms with Gasteiger partial charge in [-0.2, -0.15) is 0 Å². The largest absolute Gasteiger partial charge is 0.489 e. The van der Waals surface area contributed by atoms with Crippen molar-refractivity contribution in [1.29, 1.82) is 0 Å². The van der Waals surface area contributed by atoms with Crippen molar-refractivity contribution in [3.05, 3.63) is 87.2 Å². The minimum absolute atomic E-state index is 0.0675. The number of benzene rings is 2. The van der Waals surface area contributed by atoms with E-state index in [1.54, 1.807) is 0 Å². The second-order valence-corrected chi connectivity index (χ2v) is 8.18. The van der Waals surface area contributed by atoms with E-state index < -0.39 is 11.9 Å². The molecule has 31 heavy (non-hydrogen) atoms. The van der Waals surface area contributed by atoms with Gasteiger partial charge in [-0.05, 0) is 55.2 Å². The molecule has 1 atom stereocenters. The van der Waals surface area contributed by atoms with Crippen molar-refractivity contribution < 1.29 is 19.1 Å². The van der Waals surface area contributed by atoms with E-state index in [0.717, 1.165) is 35.4 Å². The van der Waals surface area contributed by atoms with E-state index in [1.165, 1.54) is 7.11 Å². The third-order valence-electron chi connectivity index (χ3n) is 5.67. The fourth-order valence-corrected chi connectivity index (χ4v) is 4.49. The Kier molecular flexibility index (Phi) is 6.14. The van der Waals surface area contributed by atoms with E-state index in [9.17, 15) is 9.59 Å². The lowest BCUT2D eigenvalue weighted by Crippen LogP contribution is -2.34. The maximum Gasteiger partial charge on any atom is 0.336 e. The van der Waals surface area contributed by atoms with Crippen LogP contribution in [0.25, 0.3) is 0 Å². The van der Waals surface area contributed by atoms with Crippen LogP contribution in [-0.4, -0.2) is 18.9 Å². The van der Waals surface area contributed by atoms with E-state index in [-0.39, 0.29) is 5.78 Å². The van der Waals surface area contributed by atoms with Crippen LogP contribution in [0.2, 0.25) is 5.02 Å². The van der Waals surface area contributed by atoms with E-state index in [4.69, 9.17) is 21.1 Å². The predicted molar refractivity (Wildman–Crippen MR) is 119 cm³/mol. The van der Waals surface area contributed by atoms with Gasteiger partial charge in [0.1, 0.15) is 12.4 Å². The summed E-state index contributed by atoms with van der Waals surface area (Å²) >= 11 is 6.06. The topological polar surface area (TPSA) is 64.6 Å². The molecule has 0 bridgehead atoms. The minimum Gasteiger partial charge on any atom is -0.489 e. The number of hydrogen-bond acceptors (Lipinski definition) is 5. The number of esters is 1. The quantitative estimate of drug-likeness (QED) is 0.662. The fourth-order valence-electron chi connectivity index (χ4n) is 4.27. The lowest BCUT2D eigenvalue weighted by molar-refractivity contribution is -0.136. The molecule has 1 aliphatic carbocycles. The standard InChI is InChI=1S/C25H24ClNO4/c1-15-22(25(29)30-2)23(24-20(27-15)10-5-11-21(24)28)17-7-4-9-19(13-17)31-14-16-6-3-8-18(26)12-16/h3-4,6-9,12-13,23,27H,5,10-11,14H2,1-2H3/t23-/m1/s1. The van der Waals surface area contributed by atoms with Crippen LogP contribution in [0.4, 0.5) is 0 Å². The molecule has 1 N–H and O–H groups in total. The summed E-state index contributed by atoms with van der Waals surface area (Å²) < 4.78 is 11.0. The number of allylic oxidation sites excluding steroid dienone is 3. The zero-order valence-corrected chi connectivity index (χ0v) is 18.3. The second kappa shape index (κ2) is 8.98. The van der Waals surface area contributed by atoms with Gasteiger partial charge in [0.2, 0.25) is 0 Å². The highest BCUT2D eigenvalue weighted by Crippen LogP contribution is 2.43. The van der Waals surface area contributed by atoms with Gasteiger partial charge in [0, 0.05) is 34.3 Å². The summed E-state index contributed by atoms with van der Waals surface area (Å²) in [5, 5.41) is 3.93. The number of rotatable bonds is 5. The number of carbonyl (C=O) groups is 2. The molecule has 0 spiro atoms. The van der Waals surface area contributed by atoms with Crippen LogP contribution in [0.1, 0.15) is 43.2 Å². The molecular weight excluding hydrogens is 414 g/mol. The van der Waals surface area contributed by atoms with Crippen LogP contribution >= 0.6 is 11.6 Å². The van der Waals surface area contributed by atoms with Crippen LogP contribution in [0.15, 0.2) is 71.1 Å². The molecule has 2 aromatic rings. The van der Waals surface area contributed by atoms with Crippen LogP contribution in [0, 0.1) is 0 Å². The Morgan fingerprint density at radius 1 is 1.16 bits per heavy atom. The summed E-state index contributed by atoms with van der Waals surface area (Å²) in [5.41, 5.74) is 4.52. The highest BCUT2D eigenvalue weighted by atomic mass is 35.5. The molecule has 2 aliphatic rings. The number of ketones is 1. The number of Topliss-reactive ketones (excluding diaryl/α,β-unsaturated/α-hetero) is 1. The predicted octanol–water partition coefficient (Wildman–Crippen LogP) is 5.06. The number of dihydropyridines is 1. The molecule has 2 aromatic carbocycles. The van der Waals surface area contributed by atoms with Gasteiger partial charge >= 0.3 is 5.97 Å². The van der Waals surface area contributed by atoms with Crippen LogP contribution < -0.4 is 10.1 Å². The Morgan fingerprint density at radius 3 is 2.74 bits per heavy atom. The monoisotopic (exact) mass is 437 g/mol. The second-order valence-electron chi connectivity index (χ2n) is 7.75. The van der Waals surface area contributed by atoms with Crippen molar-refractivity contribution >= 4 is 23.4 Å². The molecule has 0 unspecified atom stereocenters. The first kappa shape index (κ1) is 21.2. The van der Waals surface area contributed by atoms with Gasteiger partial charge in [0.05, 0.1) is 12.7 Å². The van der Waals surface area contributed by atoms with Gasteiger partial charge in [0.25, 0.3) is 0 Å². The zero-order valence-electron chi connectivity index (χ0n) is 17.5. The first-order chi connectivity index (χ1) is 15.0. The average molecular weight is 438 g/mol. The summed E-state index contributed by atoms with van der Waals surface area (Å²) in [5.74, 6) is -0.197. The van der Waals surface area contributed by atoms with Crippen LogP contribution in [0.3, 0.4) is 0 Å². The summed E-state index contributed by atoms with van der Waals surface area (Å²) in [6, 6.07) is 15.1. The summed E-state index contributed by atoms with van der Waals surface area (Å²) in [6.07, 6.45) is 2.07. The molecule has 5 nitrogen and oxygen atoms in total. The summed E-state index contributed by atoms with van der Waals surface area (Å²) in [4.78, 5) is 25.6. The number of hydrogen-bond donors (Lipinski definition) is 1. The summed E-state index contributed by atoms with van der Waals surface area (Å²) in [6.45, 7) is 2.21. The highest BCUT2D eigenvalue weighted by molar-refractivity contribution is 6.30. The van der Waals surface area contributed by atoms with E-state index >= 15 is 0 Å². The molecule has 1 heterocycles. The Labute approximate surface area is 186 Å². The molecule has 0 amide bonds. The molecule has 0 aromatic heterocycles. The maximum atomic E-state index is 12.9. The molecule has 4 rings (SSSR count). The van der Waals surface area contributed by atoms with Gasteiger partial charge < -0.3 is 14.8 Å². The van der Waals surface area contributed by atoms with Crippen molar-refractivity contribution in [2.24, 2.45) is 0 Å². The van der Waals surface area contributed by atoms with Gasteiger partial charge in [-0.25, -0.2) is 4.79 Å². The van der Waals surface area contributed by atoms with Crippen molar-refractivity contribution in [2.75, 3.05) is 7.11 Å². The molecular formula is C25H24ClNO4. The third kappa shape index (κ3) is 4.37. The van der Waals surface area contributed by atoms with Gasteiger partial charge in [-0.15, -0.1) is 0 Å². The van der Waals surface area contributed by atoms with Crippen molar-refractivity contribution in [2.45, 2.75) is 38.7 Å². The van der Waals surface area contributed by atoms with Crippen LogP contribution in [0.5, 0.6) is 5.75 Å². The van der Waals surface area contributed by atoms with E-state index in [0.29, 0.717) is 34.9 Å². The van der Waals surface area contributed by atoms with Gasteiger partial charge in [-0.3, -0.25) is 4.79 Å². The Hall–Kier alpha value is -3.05. The number of methoxy groups -OCH3 is 1. The van der Waals surface area contributed by atoms with Crippen molar-refractivity contribution in [3.63, 3.8) is 0 Å². The lowest BCUT2D eigenvalue weighted by atomic mass is 9.75. The van der Waals surface area contributed by atoms with E-state index in [2.05, 4.69) is 5.32 Å². The Balaban J connectivity index is 1.70. The fraction of sp³-hybridized carbons (Fsp3) is 0.280. The molecule has 0 saturated carbocycles. The SMILES string of the molecule is COC(=O)C1=C(C)NC2=C(C(=O)CCC2)[C@@H]1c1cccc(OCc2cccc(Cl)c2)c1.